The van der Waals surface area contributed by atoms with Crippen LogP contribution in [0.15, 0.2) is 60.7 Å². The fourth-order valence-electron chi connectivity index (χ4n) is 3.29. The largest absolute Gasteiger partial charge is 0.507 e. The van der Waals surface area contributed by atoms with E-state index in [0.29, 0.717) is 27.6 Å². The molecule has 0 saturated carbocycles. The molecule has 3 aromatic rings. The van der Waals surface area contributed by atoms with Crippen LogP contribution < -0.4 is 10.6 Å². The number of imide groups is 1. The zero-order valence-electron chi connectivity index (χ0n) is 14.8. The van der Waals surface area contributed by atoms with E-state index < -0.39 is 6.03 Å². The Hall–Kier alpha value is -3.87. The molecule has 28 heavy (non-hydrogen) atoms. The molecule has 1 aliphatic rings. The molecule has 1 heterocycles. The number of hydrogen-bond donors (Lipinski definition) is 3. The standard InChI is InChI=1S/C21H17N3O4/c25-18-10-4-7-13-14(18)8-3-9-17(13)23-21(28)22-11-12-24-19(26)15-5-1-2-6-16(15)20(24)27/h1-10,25H,11-12H2,(H2,22,23,28). The highest BCUT2D eigenvalue weighted by atomic mass is 16.3. The van der Waals surface area contributed by atoms with Crippen LogP contribution in [0.25, 0.3) is 10.8 Å². The van der Waals surface area contributed by atoms with E-state index in [2.05, 4.69) is 10.6 Å². The maximum atomic E-state index is 12.3. The lowest BCUT2D eigenvalue weighted by molar-refractivity contribution is 0.0656. The summed E-state index contributed by atoms with van der Waals surface area (Å²) in [4.78, 5) is 38.0. The fraction of sp³-hybridized carbons (Fsp3) is 0.0952. The average Bonchev–Trinajstić information content (AvgIpc) is 2.94. The van der Waals surface area contributed by atoms with E-state index in [1.54, 1.807) is 60.7 Å². The minimum atomic E-state index is -0.465. The summed E-state index contributed by atoms with van der Waals surface area (Å²) in [6.07, 6.45) is 0. The number of carbonyl (C=O) groups excluding carboxylic acids is 3. The van der Waals surface area contributed by atoms with Crippen LogP contribution in [0, 0.1) is 0 Å². The lowest BCUT2D eigenvalue weighted by Gasteiger charge is -2.15. The van der Waals surface area contributed by atoms with Gasteiger partial charge < -0.3 is 15.7 Å². The monoisotopic (exact) mass is 375 g/mol. The highest BCUT2D eigenvalue weighted by Crippen LogP contribution is 2.29. The van der Waals surface area contributed by atoms with E-state index in [-0.39, 0.29) is 30.7 Å². The van der Waals surface area contributed by atoms with Crippen molar-refractivity contribution < 1.29 is 19.5 Å². The van der Waals surface area contributed by atoms with Crippen LogP contribution in [-0.4, -0.2) is 40.9 Å². The van der Waals surface area contributed by atoms with E-state index in [4.69, 9.17) is 0 Å². The Morgan fingerprint density at radius 2 is 1.50 bits per heavy atom. The van der Waals surface area contributed by atoms with Crippen LogP contribution >= 0.6 is 0 Å². The van der Waals surface area contributed by atoms with Gasteiger partial charge in [0.15, 0.2) is 0 Å². The molecule has 3 aromatic carbocycles. The van der Waals surface area contributed by atoms with E-state index in [1.165, 1.54) is 0 Å². The third kappa shape index (κ3) is 3.03. The molecular formula is C21H17N3O4. The highest BCUT2D eigenvalue weighted by molar-refractivity contribution is 6.21. The summed E-state index contributed by atoms with van der Waals surface area (Å²) in [5.41, 5.74) is 1.31. The topological polar surface area (TPSA) is 98.7 Å². The Kier molecular flexibility index (Phi) is 4.41. The number of phenolic OH excluding ortho intramolecular Hbond substituents is 1. The quantitative estimate of drug-likeness (QED) is 0.611. The number of phenols is 1. The predicted octanol–water partition coefficient (Wildman–Crippen LogP) is 2.96. The Morgan fingerprint density at radius 3 is 2.21 bits per heavy atom. The third-order valence-electron chi connectivity index (χ3n) is 4.65. The minimum Gasteiger partial charge on any atom is -0.507 e. The average molecular weight is 375 g/mol. The first kappa shape index (κ1) is 17.5. The second-order valence-corrected chi connectivity index (χ2v) is 6.37. The number of anilines is 1. The number of amides is 4. The number of hydrogen-bond acceptors (Lipinski definition) is 4. The van der Waals surface area contributed by atoms with Crippen LogP contribution in [0.1, 0.15) is 20.7 Å². The van der Waals surface area contributed by atoms with Gasteiger partial charge in [0.25, 0.3) is 11.8 Å². The molecule has 0 spiro atoms. The van der Waals surface area contributed by atoms with Crippen molar-refractivity contribution >= 4 is 34.3 Å². The molecule has 0 aromatic heterocycles. The van der Waals surface area contributed by atoms with Gasteiger partial charge in [-0.25, -0.2) is 4.79 Å². The number of carbonyl (C=O) groups is 3. The van der Waals surface area contributed by atoms with Crippen molar-refractivity contribution in [2.24, 2.45) is 0 Å². The van der Waals surface area contributed by atoms with Crippen molar-refractivity contribution in [2.45, 2.75) is 0 Å². The number of urea groups is 1. The molecule has 1 aliphatic heterocycles. The molecule has 0 atom stereocenters. The Balaban J connectivity index is 1.38. The maximum absolute atomic E-state index is 12.3. The summed E-state index contributed by atoms with van der Waals surface area (Å²) in [5.74, 6) is -0.577. The first-order valence-corrected chi connectivity index (χ1v) is 8.77. The molecule has 3 N–H and O–H groups in total. The lowest BCUT2D eigenvalue weighted by Crippen LogP contribution is -2.39. The number of nitrogens with one attached hydrogen (secondary N) is 2. The molecule has 0 saturated heterocycles. The van der Waals surface area contributed by atoms with Crippen molar-refractivity contribution in [2.75, 3.05) is 18.4 Å². The van der Waals surface area contributed by atoms with Gasteiger partial charge in [-0.05, 0) is 24.3 Å². The second kappa shape index (κ2) is 7.03. The molecule has 7 nitrogen and oxygen atoms in total. The molecule has 7 heteroatoms. The molecule has 4 rings (SSSR count). The zero-order valence-corrected chi connectivity index (χ0v) is 14.8. The van der Waals surface area contributed by atoms with Crippen molar-refractivity contribution in [3.63, 3.8) is 0 Å². The van der Waals surface area contributed by atoms with Gasteiger partial charge in [-0.15, -0.1) is 0 Å². The number of nitrogens with zero attached hydrogens (tertiary/aromatic N) is 1. The smallest absolute Gasteiger partial charge is 0.319 e. The molecule has 0 aliphatic carbocycles. The van der Waals surface area contributed by atoms with Crippen molar-refractivity contribution in [1.29, 1.82) is 0 Å². The van der Waals surface area contributed by atoms with Crippen LogP contribution in [0.3, 0.4) is 0 Å². The van der Waals surface area contributed by atoms with Gasteiger partial charge in [0, 0.05) is 23.9 Å². The first-order valence-electron chi connectivity index (χ1n) is 8.77. The number of aromatic hydroxyl groups is 1. The van der Waals surface area contributed by atoms with Crippen LogP contribution in [0.4, 0.5) is 10.5 Å². The fourth-order valence-corrected chi connectivity index (χ4v) is 3.29. The maximum Gasteiger partial charge on any atom is 0.319 e. The summed E-state index contributed by atoms with van der Waals surface area (Å²) in [6.45, 7) is 0.198. The van der Waals surface area contributed by atoms with Gasteiger partial charge in [0.1, 0.15) is 5.75 Å². The molecule has 4 amide bonds. The Labute approximate surface area is 160 Å². The minimum absolute atomic E-state index is 0.0795. The van der Waals surface area contributed by atoms with E-state index >= 15 is 0 Å². The molecular weight excluding hydrogens is 358 g/mol. The molecule has 0 bridgehead atoms. The van der Waals surface area contributed by atoms with E-state index in [9.17, 15) is 19.5 Å². The molecule has 140 valence electrons. The lowest BCUT2D eigenvalue weighted by atomic mass is 10.1. The van der Waals surface area contributed by atoms with E-state index in [0.717, 1.165) is 4.90 Å². The van der Waals surface area contributed by atoms with Gasteiger partial charge >= 0.3 is 6.03 Å². The van der Waals surface area contributed by atoms with Gasteiger partial charge in [0.2, 0.25) is 0 Å². The number of benzene rings is 3. The van der Waals surface area contributed by atoms with Crippen molar-refractivity contribution in [3.05, 3.63) is 71.8 Å². The van der Waals surface area contributed by atoms with Gasteiger partial charge in [0.05, 0.1) is 16.8 Å². The summed E-state index contributed by atoms with van der Waals surface area (Å²) in [6, 6.07) is 16.5. The predicted molar refractivity (Wildman–Crippen MR) is 104 cm³/mol. The Morgan fingerprint density at radius 1 is 0.857 bits per heavy atom. The van der Waals surface area contributed by atoms with Crippen LogP contribution in [0.2, 0.25) is 0 Å². The molecule has 0 unspecified atom stereocenters. The number of rotatable bonds is 4. The van der Waals surface area contributed by atoms with Crippen LogP contribution in [-0.2, 0) is 0 Å². The summed E-state index contributed by atoms with van der Waals surface area (Å²) < 4.78 is 0. The van der Waals surface area contributed by atoms with Gasteiger partial charge in [-0.1, -0.05) is 36.4 Å². The second-order valence-electron chi connectivity index (χ2n) is 6.37. The zero-order chi connectivity index (χ0) is 19.7. The summed E-state index contributed by atoms with van der Waals surface area (Å²) in [5, 5.41) is 16.6. The molecule has 0 fully saturated rings. The SMILES string of the molecule is O=C(NCCN1C(=O)c2ccccc2C1=O)Nc1cccc2c(O)cccc12. The highest BCUT2D eigenvalue weighted by Gasteiger charge is 2.34. The van der Waals surface area contributed by atoms with Crippen molar-refractivity contribution in [3.8, 4) is 5.75 Å². The summed E-state index contributed by atoms with van der Waals surface area (Å²) in [7, 11) is 0. The Bertz CT molecular complexity index is 1070. The first-order chi connectivity index (χ1) is 13.6. The summed E-state index contributed by atoms with van der Waals surface area (Å²) >= 11 is 0. The third-order valence-corrected chi connectivity index (χ3v) is 4.65. The van der Waals surface area contributed by atoms with Crippen LogP contribution in [0.5, 0.6) is 5.75 Å². The van der Waals surface area contributed by atoms with Gasteiger partial charge in [-0.2, -0.15) is 0 Å². The van der Waals surface area contributed by atoms with E-state index in [1.807, 2.05) is 0 Å². The van der Waals surface area contributed by atoms with Gasteiger partial charge in [-0.3, -0.25) is 14.5 Å². The normalized spacial score (nSPS) is 12.9. The molecule has 0 radical (unpaired) electrons. The van der Waals surface area contributed by atoms with Crippen molar-refractivity contribution in [1.82, 2.24) is 10.2 Å². The number of fused-ring (bicyclic) bond motifs is 2.